The Morgan fingerprint density at radius 2 is 2.05 bits per heavy atom. The highest BCUT2D eigenvalue weighted by Crippen LogP contribution is 2.23. The Hall–Kier alpha value is -1.33. The summed E-state index contributed by atoms with van der Waals surface area (Å²) in [5.41, 5.74) is -0.0898. The third kappa shape index (κ3) is 4.58. The van der Waals surface area contributed by atoms with Crippen molar-refractivity contribution in [1.29, 1.82) is 0 Å². The molecular formula is C15H18Cl2N2O3. The van der Waals surface area contributed by atoms with Crippen LogP contribution in [0.3, 0.4) is 0 Å². The lowest BCUT2D eigenvalue weighted by Crippen LogP contribution is -2.42. The van der Waals surface area contributed by atoms with E-state index in [1.807, 2.05) is 0 Å². The fourth-order valence-corrected chi connectivity index (χ4v) is 2.87. The van der Waals surface area contributed by atoms with Gasteiger partial charge >= 0.3 is 5.97 Å². The van der Waals surface area contributed by atoms with Crippen LogP contribution >= 0.6 is 23.2 Å². The second-order valence-corrected chi connectivity index (χ2v) is 6.27. The molecule has 1 N–H and O–H groups in total. The summed E-state index contributed by atoms with van der Waals surface area (Å²) in [5.74, 6) is -0.637. The van der Waals surface area contributed by atoms with Gasteiger partial charge in [0.1, 0.15) is 5.15 Å². The van der Waals surface area contributed by atoms with Gasteiger partial charge < -0.3 is 10.1 Å². The molecule has 0 aliphatic heterocycles. The third-order valence-electron chi connectivity index (χ3n) is 3.80. The molecule has 1 fully saturated rings. The van der Waals surface area contributed by atoms with E-state index in [4.69, 9.17) is 27.9 Å². The highest BCUT2D eigenvalue weighted by atomic mass is 35.5. The number of hydrogen-bond donors (Lipinski definition) is 1. The lowest BCUT2D eigenvalue weighted by atomic mass is 9.86. The van der Waals surface area contributed by atoms with Gasteiger partial charge in [0.05, 0.1) is 5.02 Å². The van der Waals surface area contributed by atoms with Crippen LogP contribution in [0.2, 0.25) is 10.2 Å². The minimum absolute atomic E-state index is 0.0898. The average Bonchev–Trinajstić information content (AvgIpc) is 2.49. The molecule has 1 heterocycles. The van der Waals surface area contributed by atoms with Crippen LogP contribution in [0.4, 0.5) is 0 Å². The number of rotatable bonds is 4. The fourth-order valence-electron chi connectivity index (χ4n) is 2.54. The standard InChI is InChI=1S/C15H18Cl2N2O3/c1-9-4-2-3-5-11(9)18-13(20)8-22-15(21)14-10(16)6-7-12(17)19-14/h6-7,9,11H,2-5,8H2,1H3,(H,18,20)/t9-,11+/m1/s1. The largest absolute Gasteiger partial charge is 0.451 e. The first-order valence-electron chi connectivity index (χ1n) is 7.26. The van der Waals surface area contributed by atoms with Gasteiger partial charge in [-0.05, 0) is 30.9 Å². The molecule has 120 valence electrons. The van der Waals surface area contributed by atoms with Gasteiger partial charge in [-0.15, -0.1) is 0 Å². The average molecular weight is 345 g/mol. The summed E-state index contributed by atoms with van der Waals surface area (Å²) in [6.07, 6.45) is 4.37. The SMILES string of the molecule is C[C@@H]1CCCC[C@@H]1NC(=O)COC(=O)c1nc(Cl)ccc1Cl. The van der Waals surface area contributed by atoms with E-state index in [2.05, 4.69) is 17.2 Å². The molecule has 2 atom stereocenters. The topological polar surface area (TPSA) is 68.3 Å². The zero-order valence-corrected chi connectivity index (χ0v) is 13.8. The maximum absolute atomic E-state index is 11.9. The summed E-state index contributed by atoms with van der Waals surface area (Å²) in [5, 5.41) is 3.18. The van der Waals surface area contributed by atoms with Crippen molar-refractivity contribution in [2.75, 3.05) is 6.61 Å². The van der Waals surface area contributed by atoms with Gasteiger partial charge in [-0.1, -0.05) is 43.0 Å². The van der Waals surface area contributed by atoms with Crippen molar-refractivity contribution in [2.45, 2.75) is 38.6 Å². The van der Waals surface area contributed by atoms with Crippen LogP contribution in [0.5, 0.6) is 0 Å². The number of hydrogen-bond acceptors (Lipinski definition) is 4. The predicted molar refractivity (Wildman–Crippen MR) is 84.1 cm³/mol. The molecule has 0 saturated heterocycles. The van der Waals surface area contributed by atoms with E-state index < -0.39 is 5.97 Å². The van der Waals surface area contributed by atoms with Crippen LogP contribution in [-0.4, -0.2) is 29.5 Å². The number of aromatic nitrogens is 1. The second-order valence-electron chi connectivity index (χ2n) is 5.48. The number of carbonyl (C=O) groups excluding carboxylic acids is 2. The highest BCUT2D eigenvalue weighted by molar-refractivity contribution is 6.34. The van der Waals surface area contributed by atoms with E-state index in [0.717, 1.165) is 19.3 Å². The Labute approximate surface area is 139 Å². The van der Waals surface area contributed by atoms with Gasteiger partial charge in [0, 0.05) is 6.04 Å². The van der Waals surface area contributed by atoms with Crippen LogP contribution in [-0.2, 0) is 9.53 Å². The van der Waals surface area contributed by atoms with Crippen molar-refractivity contribution in [3.05, 3.63) is 28.0 Å². The van der Waals surface area contributed by atoms with Gasteiger partial charge in [0.2, 0.25) is 0 Å². The number of nitrogens with zero attached hydrogens (tertiary/aromatic N) is 1. The van der Waals surface area contributed by atoms with E-state index in [9.17, 15) is 9.59 Å². The summed E-state index contributed by atoms with van der Waals surface area (Å²) in [6, 6.07) is 3.07. The van der Waals surface area contributed by atoms with Crippen LogP contribution in [0.1, 0.15) is 43.1 Å². The molecule has 0 aromatic carbocycles. The summed E-state index contributed by atoms with van der Waals surface area (Å²) in [6.45, 7) is 1.76. The maximum Gasteiger partial charge on any atom is 0.359 e. The molecule has 0 radical (unpaired) electrons. The number of pyridine rings is 1. The summed E-state index contributed by atoms with van der Waals surface area (Å²) < 4.78 is 4.95. The summed E-state index contributed by atoms with van der Waals surface area (Å²) in [7, 11) is 0. The number of nitrogens with one attached hydrogen (secondary N) is 1. The maximum atomic E-state index is 11.9. The van der Waals surface area contributed by atoms with Crippen LogP contribution < -0.4 is 5.32 Å². The van der Waals surface area contributed by atoms with E-state index in [1.165, 1.54) is 18.6 Å². The monoisotopic (exact) mass is 344 g/mol. The molecule has 1 aliphatic carbocycles. The Morgan fingerprint density at radius 1 is 1.32 bits per heavy atom. The zero-order chi connectivity index (χ0) is 16.1. The molecule has 1 aromatic heterocycles. The normalized spacial score (nSPS) is 21.2. The van der Waals surface area contributed by atoms with Crippen molar-refractivity contribution >= 4 is 35.1 Å². The molecule has 5 nitrogen and oxygen atoms in total. The number of ether oxygens (including phenoxy) is 1. The Balaban J connectivity index is 1.85. The number of amides is 1. The van der Waals surface area contributed by atoms with Crippen molar-refractivity contribution in [3.8, 4) is 0 Å². The molecule has 22 heavy (non-hydrogen) atoms. The lowest BCUT2D eigenvalue weighted by molar-refractivity contribution is -0.125. The lowest BCUT2D eigenvalue weighted by Gasteiger charge is -2.29. The molecule has 0 unspecified atom stereocenters. The van der Waals surface area contributed by atoms with Gasteiger partial charge in [-0.25, -0.2) is 9.78 Å². The quantitative estimate of drug-likeness (QED) is 0.672. The third-order valence-corrected chi connectivity index (χ3v) is 4.31. The van der Waals surface area contributed by atoms with Crippen molar-refractivity contribution in [2.24, 2.45) is 5.92 Å². The van der Waals surface area contributed by atoms with E-state index in [1.54, 1.807) is 0 Å². The van der Waals surface area contributed by atoms with Crippen LogP contribution in [0, 0.1) is 5.92 Å². The predicted octanol–water partition coefficient (Wildman–Crippen LogP) is 3.24. The number of esters is 1. The Morgan fingerprint density at radius 3 is 2.77 bits per heavy atom. The highest BCUT2D eigenvalue weighted by Gasteiger charge is 2.23. The number of halogens is 2. The molecular weight excluding hydrogens is 327 g/mol. The molecule has 2 rings (SSSR count). The minimum atomic E-state index is -0.764. The first-order chi connectivity index (χ1) is 10.5. The van der Waals surface area contributed by atoms with Gasteiger partial charge in [0.25, 0.3) is 5.91 Å². The summed E-state index contributed by atoms with van der Waals surface area (Å²) in [4.78, 5) is 27.6. The summed E-state index contributed by atoms with van der Waals surface area (Å²) >= 11 is 11.6. The van der Waals surface area contributed by atoms with Gasteiger partial charge in [-0.2, -0.15) is 0 Å². The molecule has 7 heteroatoms. The van der Waals surface area contributed by atoms with E-state index in [0.29, 0.717) is 5.92 Å². The molecule has 0 bridgehead atoms. The van der Waals surface area contributed by atoms with Crippen molar-refractivity contribution < 1.29 is 14.3 Å². The smallest absolute Gasteiger partial charge is 0.359 e. The van der Waals surface area contributed by atoms with Crippen LogP contribution in [0.15, 0.2) is 12.1 Å². The molecule has 1 amide bonds. The first kappa shape index (κ1) is 17.0. The van der Waals surface area contributed by atoms with Crippen LogP contribution in [0.25, 0.3) is 0 Å². The molecule has 1 saturated carbocycles. The Bertz CT molecular complexity index is 566. The molecule has 1 aliphatic rings. The van der Waals surface area contributed by atoms with Crippen molar-refractivity contribution in [3.63, 3.8) is 0 Å². The van der Waals surface area contributed by atoms with E-state index >= 15 is 0 Å². The van der Waals surface area contributed by atoms with Crippen molar-refractivity contribution in [1.82, 2.24) is 10.3 Å². The Kier molecular flexibility index (Phi) is 6.03. The minimum Gasteiger partial charge on any atom is -0.451 e. The van der Waals surface area contributed by atoms with Gasteiger partial charge in [-0.3, -0.25) is 4.79 Å². The van der Waals surface area contributed by atoms with Gasteiger partial charge in [0.15, 0.2) is 12.3 Å². The van der Waals surface area contributed by atoms with E-state index in [-0.39, 0.29) is 34.4 Å². The molecule has 1 aromatic rings. The first-order valence-corrected chi connectivity index (χ1v) is 8.01. The zero-order valence-electron chi connectivity index (χ0n) is 12.3. The fraction of sp³-hybridized carbons (Fsp3) is 0.533. The second kappa shape index (κ2) is 7.79. The molecule has 0 spiro atoms. The number of carbonyl (C=O) groups is 2.